The number of alkyl halides is 3. The molecule has 1 aliphatic rings. The fourth-order valence-electron chi connectivity index (χ4n) is 3.25. The van der Waals surface area contributed by atoms with Crippen LogP contribution < -0.4 is 5.32 Å². The fraction of sp³-hybridized carbons (Fsp3) is 0.350. The molecule has 8 heteroatoms. The third-order valence-electron chi connectivity index (χ3n) is 4.61. The summed E-state index contributed by atoms with van der Waals surface area (Å²) in [5, 5.41) is 2.59. The van der Waals surface area contributed by atoms with Crippen LogP contribution >= 0.6 is 23.8 Å². The van der Waals surface area contributed by atoms with Crippen LogP contribution in [0.25, 0.3) is 0 Å². The normalized spacial score (nSPS) is 16.8. The Morgan fingerprint density at radius 3 is 2.71 bits per heavy atom. The van der Waals surface area contributed by atoms with Crippen molar-refractivity contribution >= 4 is 34.6 Å². The molecule has 0 fully saturated rings. The Hall–Kier alpha value is -1.99. The average molecular weight is 429 g/mol. The zero-order chi connectivity index (χ0) is 20.1. The zero-order valence-electron chi connectivity index (χ0n) is 15.0. The van der Waals surface area contributed by atoms with Gasteiger partial charge in [-0.15, -0.1) is 0 Å². The molecule has 1 aliphatic carbocycles. The van der Waals surface area contributed by atoms with E-state index in [9.17, 15) is 13.2 Å². The molecule has 1 aromatic carbocycles. The summed E-state index contributed by atoms with van der Waals surface area (Å²) in [7, 11) is 0. The predicted octanol–water partition coefficient (Wildman–Crippen LogP) is 6.51. The number of anilines is 1. The molecule has 0 radical (unpaired) electrons. The summed E-state index contributed by atoms with van der Waals surface area (Å²) in [6.45, 7) is 1.000. The maximum atomic E-state index is 13.4. The number of thiocarbonyl (C=S) groups is 1. The number of rotatable bonds is 5. The second-order valence-electron chi connectivity index (χ2n) is 6.70. The lowest BCUT2D eigenvalue weighted by atomic mass is 9.94. The largest absolute Gasteiger partial charge is 0.467 e. The number of benzene rings is 1. The highest BCUT2D eigenvalue weighted by Gasteiger charge is 2.36. The van der Waals surface area contributed by atoms with Gasteiger partial charge >= 0.3 is 6.18 Å². The molecular formula is C20H20ClF3N2OS. The molecule has 3 rings (SSSR count). The summed E-state index contributed by atoms with van der Waals surface area (Å²) >= 11 is 11.3. The Bertz CT molecular complexity index is 836. The number of hydrogen-bond acceptors (Lipinski definition) is 2. The van der Waals surface area contributed by atoms with E-state index in [1.54, 1.807) is 12.3 Å². The van der Waals surface area contributed by atoms with Crippen LogP contribution in [0.15, 0.2) is 53.2 Å². The van der Waals surface area contributed by atoms with Crippen molar-refractivity contribution in [3.05, 3.63) is 65.1 Å². The van der Waals surface area contributed by atoms with Gasteiger partial charge in [-0.05, 0) is 61.7 Å². The van der Waals surface area contributed by atoms with E-state index in [1.165, 1.54) is 18.2 Å². The van der Waals surface area contributed by atoms with E-state index in [1.807, 2.05) is 11.0 Å². The first-order valence-electron chi connectivity index (χ1n) is 8.93. The van der Waals surface area contributed by atoms with Gasteiger partial charge in [-0.25, -0.2) is 0 Å². The number of furan rings is 1. The maximum absolute atomic E-state index is 13.4. The molecule has 0 bridgehead atoms. The fourth-order valence-corrected chi connectivity index (χ4v) is 3.79. The maximum Gasteiger partial charge on any atom is 0.419 e. The summed E-state index contributed by atoms with van der Waals surface area (Å²) < 4.78 is 45.7. The van der Waals surface area contributed by atoms with Crippen molar-refractivity contribution in [1.82, 2.24) is 4.90 Å². The van der Waals surface area contributed by atoms with Crippen LogP contribution in [-0.4, -0.2) is 16.6 Å². The summed E-state index contributed by atoms with van der Waals surface area (Å²) in [6, 6.07) is 7.59. The molecule has 0 saturated carbocycles. The van der Waals surface area contributed by atoms with Crippen molar-refractivity contribution in [3.63, 3.8) is 0 Å². The summed E-state index contributed by atoms with van der Waals surface area (Å²) in [6.07, 6.45) is 4.18. The van der Waals surface area contributed by atoms with E-state index < -0.39 is 11.7 Å². The molecule has 28 heavy (non-hydrogen) atoms. The summed E-state index contributed by atoms with van der Waals surface area (Å²) in [4.78, 5) is 1.85. The quantitative estimate of drug-likeness (QED) is 0.434. The van der Waals surface area contributed by atoms with Gasteiger partial charge in [0.2, 0.25) is 0 Å². The van der Waals surface area contributed by atoms with Gasteiger partial charge in [0, 0.05) is 6.54 Å². The number of nitrogens with one attached hydrogen (secondary N) is 1. The molecule has 0 saturated heterocycles. The molecule has 0 spiro atoms. The van der Waals surface area contributed by atoms with Crippen molar-refractivity contribution in [3.8, 4) is 0 Å². The first-order chi connectivity index (χ1) is 13.3. The molecule has 2 aromatic rings. The van der Waals surface area contributed by atoms with Crippen LogP contribution in [-0.2, 0) is 12.7 Å². The third-order valence-corrected chi connectivity index (χ3v) is 5.28. The first-order valence-corrected chi connectivity index (χ1v) is 9.72. The van der Waals surface area contributed by atoms with Gasteiger partial charge in [-0.1, -0.05) is 29.8 Å². The second-order valence-corrected chi connectivity index (χ2v) is 7.49. The van der Waals surface area contributed by atoms with Crippen molar-refractivity contribution < 1.29 is 17.6 Å². The van der Waals surface area contributed by atoms with Crippen molar-refractivity contribution in [2.75, 3.05) is 11.9 Å². The molecule has 1 N–H and O–H groups in total. The molecule has 0 amide bonds. The van der Waals surface area contributed by atoms with Gasteiger partial charge in [0.05, 0.1) is 29.1 Å². The molecule has 1 aromatic heterocycles. The van der Waals surface area contributed by atoms with Crippen LogP contribution in [0.1, 0.15) is 30.6 Å². The van der Waals surface area contributed by atoms with Crippen LogP contribution in [0.5, 0.6) is 0 Å². The average Bonchev–Trinajstić information content (AvgIpc) is 3.14. The minimum absolute atomic E-state index is 0.155. The number of nitrogens with zero attached hydrogens (tertiary/aromatic N) is 1. The smallest absolute Gasteiger partial charge is 0.419 e. The van der Waals surface area contributed by atoms with E-state index in [0.717, 1.165) is 19.3 Å². The SMILES string of the molecule is FC(F)(F)c1c(Cl)cccc1NC(=S)N(Cc1ccco1)C[C@@H]1CC=CCC1. The molecular weight excluding hydrogens is 409 g/mol. The Morgan fingerprint density at radius 2 is 2.07 bits per heavy atom. The molecule has 0 aliphatic heterocycles. The Morgan fingerprint density at radius 1 is 1.25 bits per heavy atom. The van der Waals surface area contributed by atoms with E-state index in [2.05, 4.69) is 17.5 Å². The highest BCUT2D eigenvalue weighted by atomic mass is 35.5. The van der Waals surface area contributed by atoms with Gasteiger partial charge in [0.15, 0.2) is 5.11 Å². The Kier molecular flexibility index (Phi) is 6.67. The molecule has 3 nitrogen and oxygen atoms in total. The Labute approximate surface area is 172 Å². The molecule has 1 atom stereocenters. The molecule has 150 valence electrons. The number of allylic oxidation sites excluding steroid dienone is 2. The van der Waals surface area contributed by atoms with Crippen LogP contribution in [0.2, 0.25) is 5.02 Å². The Balaban J connectivity index is 1.81. The lowest BCUT2D eigenvalue weighted by Crippen LogP contribution is -2.38. The minimum Gasteiger partial charge on any atom is -0.467 e. The van der Waals surface area contributed by atoms with Gasteiger partial charge in [-0.2, -0.15) is 13.2 Å². The van der Waals surface area contributed by atoms with E-state index >= 15 is 0 Å². The van der Waals surface area contributed by atoms with Gasteiger partial charge in [-0.3, -0.25) is 0 Å². The highest BCUT2D eigenvalue weighted by Crippen LogP contribution is 2.39. The summed E-state index contributed by atoms with van der Waals surface area (Å²) in [5.41, 5.74) is -1.07. The number of hydrogen-bond donors (Lipinski definition) is 1. The second kappa shape index (κ2) is 9.01. The van der Waals surface area contributed by atoms with Crippen LogP contribution in [0, 0.1) is 5.92 Å². The van der Waals surface area contributed by atoms with Crippen LogP contribution in [0.4, 0.5) is 18.9 Å². The standard InChI is InChI=1S/C20H20ClF3N2OS/c21-16-9-4-10-17(18(16)20(22,23)24)25-19(28)26(13-15-8-5-11-27-15)12-14-6-2-1-3-7-14/h1-2,4-5,8-11,14H,3,6-7,12-13H2,(H,25,28)/t14-/m1/s1. The molecule has 1 heterocycles. The van der Waals surface area contributed by atoms with Gasteiger partial charge < -0.3 is 14.6 Å². The van der Waals surface area contributed by atoms with E-state index in [0.29, 0.717) is 24.8 Å². The van der Waals surface area contributed by atoms with Gasteiger partial charge in [0.1, 0.15) is 5.76 Å². The number of halogens is 4. The molecule has 0 unspecified atom stereocenters. The van der Waals surface area contributed by atoms with Crippen molar-refractivity contribution in [2.45, 2.75) is 32.0 Å². The van der Waals surface area contributed by atoms with E-state index in [4.69, 9.17) is 28.2 Å². The van der Waals surface area contributed by atoms with Crippen molar-refractivity contribution in [2.24, 2.45) is 5.92 Å². The topological polar surface area (TPSA) is 28.4 Å². The van der Waals surface area contributed by atoms with E-state index in [-0.39, 0.29) is 15.8 Å². The minimum atomic E-state index is -4.59. The predicted molar refractivity (Wildman–Crippen MR) is 108 cm³/mol. The third kappa shape index (κ3) is 5.29. The zero-order valence-corrected chi connectivity index (χ0v) is 16.6. The lowest BCUT2D eigenvalue weighted by molar-refractivity contribution is -0.136. The first kappa shape index (κ1) is 20.7. The van der Waals surface area contributed by atoms with Crippen molar-refractivity contribution in [1.29, 1.82) is 0 Å². The highest BCUT2D eigenvalue weighted by molar-refractivity contribution is 7.80. The lowest BCUT2D eigenvalue weighted by Gasteiger charge is -2.30. The van der Waals surface area contributed by atoms with Gasteiger partial charge in [0.25, 0.3) is 0 Å². The monoisotopic (exact) mass is 428 g/mol. The summed E-state index contributed by atoms with van der Waals surface area (Å²) in [5.74, 6) is 1.07. The van der Waals surface area contributed by atoms with Crippen LogP contribution in [0.3, 0.4) is 0 Å².